The fourth-order valence-corrected chi connectivity index (χ4v) is 5.05. The highest BCUT2D eigenvalue weighted by Gasteiger charge is 2.28. The zero-order chi connectivity index (χ0) is 21.2. The third-order valence-corrected chi connectivity index (χ3v) is 6.96. The van der Waals surface area contributed by atoms with Crippen LogP contribution >= 0.6 is 0 Å². The number of nitro benzene ring substituents is 1. The Hall–Kier alpha value is -2.72. The van der Waals surface area contributed by atoms with Crippen LogP contribution in [0.2, 0.25) is 0 Å². The molecule has 156 valence electrons. The molecule has 0 amide bonds. The topological polar surface area (TPSA) is 125 Å². The standard InChI is InChI=1S/C19H24N4O5S/c1-13-10-14(2)21-19(24)16(13)12-20-17-7-6-15(11-18(17)23(25)26)29(27,28)22-8-4-3-5-9-22/h6-7,10-11,20H,3-5,8-9,12H2,1-2H3,(H,21,24). The molecule has 0 unspecified atom stereocenters. The quantitative estimate of drug-likeness (QED) is 0.547. The number of piperidine rings is 1. The van der Waals surface area contributed by atoms with Crippen LogP contribution in [0.25, 0.3) is 0 Å². The van der Waals surface area contributed by atoms with E-state index < -0.39 is 14.9 Å². The highest BCUT2D eigenvalue weighted by Crippen LogP contribution is 2.30. The minimum absolute atomic E-state index is 0.0838. The summed E-state index contributed by atoms with van der Waals surface area (Å²) in [6, 6.07) is 5.65. The normalized spacial score (nSPS) is 15.2. The number of aromatic nitrogens is 1. The van der Waals surface area contributed by atoms with Crippen molar-refractivity contribution in [2.24, 2.45) is 0 Å². The number of sulfonamides is 1. The number of rotatable bonds is 6. The van der Waals surface area contributed by atoms with Gasteiger partial charge >= 0.3 is 0 Å². The monoisotopic (exact) mass is 420 g/mol. The Morgan fingerprint density at radius 3 is 2.48 bits per heavy atom. The van der Waals surface area contributed by atoms with E-state index >= 15 is 0 Å². The first kappa shape index (κ1) is 21.0. The van der Waals surface area contributed by atoms with E-state index in [2.05, 4.69) is 10.3 Å². The molecule has 10 heteroatoms. The minimum Gasteiger partial charge on any atom is -0.375 e. The van der Waals surface area contributed by atoms with Gasteiger partial charge in [0.15, 0.2) is 0 Å². The molecule has 1 saturated heterocycles. The lowest BCUT2D eigenvalue weighted by Gasteiger charge is -2.25. The lowest BCUT2D eigenvalue weighted by atomic mass is 10.1. The van der Waals surface area contributed by atoms with Crippen LogP contribution in [-0.4, -0.2) is 35.7 Å². The number of pyridine rings is 1. The molecule has 0 saturated carbocycles. The van der Waals surface area contributed by atoms with Gasteiger partial charge in [0, 0.05) is 37.0 Å². The molecule has 0 radical (unpaired) electrons. The number of hydrogen-bond acceptors (Lipinski definition) is 6. The van der Waals surface area contributed by atoms with E-state index in [4.69, 9.17) is 0 Å². The number of anilines is 1. The Morgan fingerprint density at radius 2 is 1.86 bits per heavy atom. The zero-order valence-electron chi connectivity index (χ0n) is 16.4. The number of aromatic amines is 1. The second-order valence-electron chi connectivity index (χ2n) is 7.20. The number of nitro groups is 1. The highest BCUT2D eigenvalue weighted by atomic mass is 32.2. The molecule has 2 aromatic rings. The van der Waals surface area contributed by atoms with Crippen molar-refractivity contribution in [1.82, 2.24) is 9.29 Å². The molecule has 1 aromatic carbocycles. The predicted octanol–water partition coefficient (Wildman–Crippen LogP) is 2.69. The van der Waals surface area contributed by atoms with Gasteiger partial charge in [-0.15, -0.1) is 0 Å². The van der Waals surface area contributed by atoms with Crippen molar-refractivity contribution in [2.45, 2.75) is 44.6 Å². The minimum atomic E-state index is -3.77. The summed E-state index contributed by atoms with van der Waals surface area (Å²) in [7, 11) is -3.77. The van der Waals surface area contributed by atoms with Crippen molar-refractivity contribution in [3.05, 3.63) is 61.6 Å². The second kappa shape index (κ2) is 8.34. The molecule has 1 aliphatic heterocycles. The fourth-order valence-electron chi connectivity index (χ4n) is 3.51. The van der Waals surface area contributed by atoms with Gasteiger partial charge in [-0.2, -0.15) is 4.31 Å². The van der Waals surface area contributed by atoms with Crippen molar-refractivity contribution >= 4 is 21.4 Å². The molecule has 1 aromatic heterocycles. The SMILES string of the molecule is Cc1cc(C)c(CNc2ccc(S(=O)(=O)N3CCCCC3)cc2[N+](=O)[O-])c(=O)[nH]1. The molecule has 0 bridgehead atoms. The average Bonchev–Trinajstić information content (AvgIpc) is 2.67. The number of H-pyrrole nitrogens is 1. The number of nitrogens with one attached hydrogen (secondary N) is 2. The largest absolute Gasteiger partial charge is 0.375 e. The molecule has 1 fully saturated rings. The molecule has 29 heavy (non-hydrogen) atoms. The first-order chi connectivity index (χ1) is 13.7. The summed E-state index contributed by atoms with van der Waals surface area (Å²) in [4.78, 5) is 25.7. The molecular weight excluding hydrogens is 396 g/mol. The molecule has 0 aliphatic carbocycles. The zero-order valence-corrected chi connectivity index (χ0v) is 17.2. The summed E-state index contributed by atoms with van der Waals surface area (Å²) >= 11 is 0. The van der Waals surface area contributed by atoms with E-state index in [0.29, 0.717) is 18.7 Å². The van der Waals surface area contributed by atoms with Crippen LogP contribution in [0.4, 0.5) is 11.4 Å². The molecule has 2 heterocycles. The van der Waals surface area contributed by atoms with Crippen LogP contribution in [0.3, 0.4) is 0 Å². The fraction of sp³-hybridized carbons (Fsp3) is 0.421. The maximum atomic E-state index is 12.8. The number of nitrogens with zero attached hydrogens (tertiary/aromatic N) is 2. The highest BCUT2D eigenvalue weighted by molar-refractivity contribution is 7.89. The van der Waals surface area contributed by atoms with Gasteiger partial charge in [-0.05, 0) is 50.5 Å². The van der Waals surface area contributed by atoms with Gasteiger partial charge in [0.25, 0.3) is 11.2 Å². The number of benzene rings is 1. The van der Waals surface area contributed by atoms with Crippen molar-refractivity contribution in [3.63, 3.8) is 0 Å². The smallest absolute Gasteiger partial charge is 0.293 e. The molecule has 0 atom stereocenters. The average molecular weight is 420 g/mol. The van der Waals surface area contributed by atoms with Crippen LogP contribution in [-0.2, 0) is 16.6 Å². The van der Waals surface area contributed by atoms with Gasteiger partial charge in [0.1, 0.15) is 5.69 Å². The maximum Gasteiger partial charge on any atom is 0.293 e. The Morgan fingerprint density at radius 1 is 1.17 bits per heavy atom. The summed E-state index contributed by atoms with van der Waals surface area (Å²) < 4.78 is 27.0. The molecule has 9 nitrogen and oxygen atoms in total. The van der Waals surface area contributed by atoms with E-state index in [9.17, 15) is 23.3 Å². The van der Waals surface area contributed by atoms with Crippen molar-refractivity contribution in [2.75, 3.05) is 18.4 Å². The number of hydrogen-bond donors (Lipinski definition) is 2. The summed E-state index contributed by atoms with van der Waals surface area (Å²) in [5, 5.41) is 14.5. The van der Waals surface area contributed by atoms with E-state index in [0.717, 1.165) is 36.6 Å². The molecule has 0 spiro atoms. The maximum absolute atomic E-state index is 12.8. The van der Waals surface area contributed by atoms with Crippen LogP contribution in [0.5, 0.6) is 0 Å². The van der Waals surface area contributed by atoms with Crippen LogP contribution < -0.4 is 10.9 Å². The first-order valence-electron chi connectivity index (χ1n) is 9.42. The summed E-state index contributed by atoms with van der Waals surface area (Å²) in [5.74, 6) is 0. The first-order valence-corrected chi connectivity index (χ1v) is 10.9. The summed E-state index contributed by atoms with van der Waals surface area (Å²) in [6.07, 6.45) is 2.55. The van der Waals surface area contributed by atoms with Gasteiger partial charge < -0.3 is 10.3 Å². The third kappa shape index (κ3) is 4.48. The Balaban J connectivity index is 1.89. The molecule has 1 aliphatic rings. The van der Waals surface area contributed by atoms with E-state index in [-0.39, 0.29) is 28.4 Å². The summed E-state index contributed by atoms with van der Waals surface area (Å²) in [6.45, 7) is 4.50. The third-order valence-electron chi connectivity index (χ3n) is 5.07. The van der Waals surface area contributed by atoms with Crippen molar-refractivity contribution < 1.29 is 13.3 Å². The second-order valence-corrected chi connectivity index (χ2v) is 9.14. The van der Waals surface area contributed by atoms with Gasteiger partial charge in [0.05, 0.1) is 9.82 Å². The Kier molecular flexibility index (Phi) is 6.04. The Bertz CT molecular complexity index is 1090. The van der Waals surface area contributed by atoms with Gasteiger partial charge in [-0.25, -0.2) is 8.42 Å². The van der Waals surface area contributed by atoms with E-state index in [1.54, 1.807) is 13.8 Å². The predicted molar refractivity (Wildman–Crippen MR) is 110 cm³/mol. The van der Waals surface area contributed by atoms with Gasteiger partial charge in [-0.3, -0.25) is 14.9 Å². The van der Waals surface area contributed by atoms with Gasteiger partial charge in [-0.1, -0.05) is 6.42 Å². The van der Waals surface area contributed by atoms with Gasteiger partial charge in [0.2, 0.25) is 10.0 Å². The van der Waals surface area contributed by atoms with E-state index in [1.807, 2.05) is 6.07 Å². The molecular formula is C19H24N4O5S. The molecule has 2 N–H and O–H groups in total. The van der Waals surface area contributed by atoms with Crippen LogP contribution in [0, 0.1) is 24.0 Å². The summed E-state index contributed by atoms with van der Waals surface area (Å²) in [5.41, 5.74) is 1.52. The van der Waals surface area contributed by atoms with Crippen molar-refractivity contribution in [1.29, 1.82) is 0 Å². The van der Waals surface area contributed by atoms with Crippen LogP contribution in [0.15, 0.2) is 34.0 Å². The van der Waals surface area contributed by atoms with Crippen LogP contribution in [0.1, 0.15) is 36.1 Å². The van der Waals surface area contributed by atoms with Crippen molar-refractivity contribution in [3.8, 4) is 0 Å². The lowest BCUT2D eigenvalue weighted by molar-refractivity contribution is -0.384. The number of aryl methyl sites for hydroxylation is 2. The Labute approximate surface area is 169 Å². The lowest BCUT2D eigenvalue weighted by Crippen LogP contribution is -2.35. The van der Waals surface area contributed by atoms with E-state index in [1.165, 1.54) is 16.4 Å². The molecule has 3 rings (SSSR count).